The van der Waals surface area contributed by atoms with Crippen LogP contribution in [0.3, 0.4) is 0 Å². The van der Waals surface area contributed by atoms with E-state index in [1.807, 2.05) is 31.2 Å². The fraction of sp³-hybridized carbons (Fsp3) is 0.343. The molecule has 1 N–H and O–H groups in total. The number of likely N-dealkylation sites (tertiary alicyclic amines) is 1. The Balaban J connectivity index is 1.26. The van der Waals surface area contributed by atoms with Gasteiger partial charge in [-0.15, -0.1) is 11.3 Å². The van der Waals surface area contributed by atoms with E-state index >= 15 is 0 Å². The maximum absolute atomic E-state index is 14.9. The number of carbonyl (C=O) groups is 4. The van der Waals surface area contributed by atoms with Gasteiger partial charge in [-0.1, -0.05) is 40.9 Å². The van der Waals surface area contributed by atoms with Crippen molar-refractivity contribution in [2.75, 3.05) is 11.9 Å². The summed E-state index contributed by atoms with van der Waals surface area (Å²) in [5.41, 5.74) is 1.80. The van der Waals surface area contributed by atoms with Crippen LogP contribution in [0, 0.1) is 36.0 Å². The number of aromatic hydroxyl groups is 1. The van der Waals surface area contributed by atoms with E-state index in [0.717, 1.165) is 26.1 Å². The predicted octanol–water partition coefficient (Wildman–Crippen LogP) is 6.48. The molecule has 3 fully saturated rings. The van der Waals surface area contributed by atoms with Crippen molar-refractivity contribution in [2.24, 2.45) is 36.1 Å². The monoisotopic (exact) mass is 688 g/mol. The molecule has 2 aromatic heterocycles. The summed E-state index contributed by atoms with van der Waals surface area (Å²) in [5.74, 6) is -3.97. The highest BCUT2D eigenvalue weighted by Gasteiger charge is 2.68. The first-order valence-electron chi connectivity index (χ1n) is 15.4. The standard InChI is InChI=1S/C35H30Cl2N4O5S/c1-15-21-11-16(36)5-10-26(21)47-30(15)25-14-27(40(4)38-25)41-32(44)23-13-22-18(8-9-20-28(22)33(45)39(3)31(20)43)29(35(23,2)34(41)46)19-7-6-17(42)12-24(19)37/h5-8,10-12,14,20,22-23,28-29,42H,9,13H2,1-4H3. The van der Waals surface area contributed by atoms with Crippen LogP contribution in [0.15, 0.2) is 54.1 Å². The lowest BCUT2D eigenvalue weighted by atomic mass is 9.51. The second kappa shape index (κ2) is 10.3. The summed E-state index contributed by atoms with van der Waals surface area (Å²) < 4.78 is 2.61. The van der Waals surface area contributed by atoms with Crippen LogP contribution < -0.4 is 4.90 Å². The van der Waals surface area contributed by atoms with Gasteiger partial charge in [0.2, 0.25) is 23.6 Å². The maximum atomic E-state index is 14.9. The molecule has 6 unspecified atom stereocenters. The number of halogens is 2. The smallest absolute Gasteiger partial charge is 0.242 e. The molecule has 6 atom stereocenters. The van der Waals surface area contributed by atoms with Crippen molar-refractivity contribution in [3.63, 3.8) is 0 Å². The first kappa shape index (κ1) is 30.4. The Hall–Kier alpha value is -3.99. The lowest BCUT2D eigenvalue weighted by Gasteiger charge is -2.49. The summed E-state index contributed by atoms with van der Waals surface area (Å²) >= 11 is 14.6. The average Bonchev–Trinajstić information content (AvgIpc) is 3.69. The van der Waals surface area contributed by atoms with Crippen molar-refractivity contribution in [1.29, 1.82) is 0 Å². The van der Waals surface area contributed by atoms with Crippen molar-refractivity contribution in [3.05, 3.63) is 75.3 Å². The number of phenols is 1. The number of hydrogen-bond acceptors (Lipinski definition) is 7. The van der Waals surface area contributed by atoms with E-state index in [2.05, 4.69) is 0 Å². The summed E-state index contributed by atoms with van der Waals surface area (Å²) in [6, 6.07) is 12.1. The van der Waals surface area contributed by atoms with Crippen molar-refractivity contribution < 1.29 is 24.3 Å². The van der Waals surface area contributed by atoms with Crippen LogP contribution in [0.2, 0.25) is 10.0 Å². The summed E-state index contributed by atoms with van der Waals surface area (Å²) in [6.45, 7) is 3.81. The maximum Gasteiger partial charge on any atom is 0.242 e. The Labute approximate surface area is 284 Å². The van der Waals surface area contributed by atoms with Gasteiger partial charge in [0, 0.05) is 40.8 Å². The van der Waals surface area contributed by atoms with Gasteiger partial charge in [0.15, 0.2) is 0 Å². The molecule has 0 spiro atoms. The van der Waals surface area contributed by atoms with Crippen LogP contribution in [0.25, 0.3) is 20.7 Å². The minimum atomic E-state index is -1.26. The lowest BCUT2D eigenvalue weighted by Crippen LogP contribution is -2.49. The third-order valence-corrected chi connectivity index (χ3v) is 12.9. The number of amides is 4. The number of anilines is 1. The zero-order chi connectivity index (χ0) is 33.3. The fourth-order valence-electron chi connectivity index (χ4n) is 8.70. The number of nitrogens with zero attached hydrogens (tertiary/aromatic N) is 4. The molecule has 2 aliphatic heterocycles. The number of imide groups is 2. The molecule has 2 aromatic carbocycles. The molecule has 12 heteroatoms. The van der Waals surface area contributed by atoms with Gasteiger partial charge in [-0.3, -0.25) is 28.8 Å². The van der Waals surface area contributed by atoms with Crippen LogP contribution in [-0.2, 0) is 26.2 Å². The number of thiophene rings is 1. The number of allylic oxidation sites excluding steroid dienone is 2. The number of aryl methyl sites for hydroxylation is 2. The van der Waals surface area contributed by atoms with E-state index in [9.17, 15) is 24.3 Å². The molecule has 9 nitrogen and oxygen atoms in total. The van der Waals surface area contributed by atoms with Gasteiger partial charge in [-0.25, -0.2) is 4.90 Å². The van der Waals surface area contributed by atoms with Crippen LogP contribution in [-0.4, -0.2) is 50.5 Å². The zero-order valence-corrected chi connectivity index (χ0v) is 28.3. The number of hydrogen-bond donors (Lipinski definition) is 1. The molecule has 47 heavy (non-hydrogen) atoms. The Bertz CT molecular complexity index is 2140. The van der Waals surface area contributed by atoms with Gasteiger partial charge in [-0.05, 0) is 79.5 Å². The Morgan fingerprint density at radius 2 is 1.74 bits per heavy atom. The molecule has 4 aromatic rings. The van der Waals surface area contributed by atoms with Crippen LogP contribution in [0.1, 0.15) is 36.8 Å². The van der Waals surface area contributed by atoms with E-state index in [1.54, 1.807) is 42.1 Å². The number of rotatable bonds is 3. The predicted molar refractivity (Wildman–Crippen MR) is 179 cm³/mol. The Morgan fingerprint density at radius 3 is 2.49 bits per heavy atom. The number of aromatic nitrogens is 2. The van der Waals surface area contributed by atoms with Crippen molar-refractivity contribution in [2.45, 2.75) is 32.6 Å². The second-order valence-corrected chi connectivity index (χ2v) is 15.2. The first-order valence-corrected chi connectivity index (χ1v) is 17.0. The summed E-state index contributed by atoms with van der Waals surface area (Å²) in [5, 5.41) is 16.9. The molecular formula is C35H30Cl2N4O5S. The van der Waals surface area contributed by atoms with E-state index in [4.69, 9.17) is 28.3 Å². The molecular weight excluding hydrogens is 659 g/mol. The van der Waals surface area contributed by atoms with Crippen LogP contribution in [0.5, 0.6) is 5.75 Å². The molecule has 1 saturated carbocycles. The van der Waals surface area contributed by atoms with E-state index < -0.39 is 35.0 Å². The second-order valence-electron chi connectivity index (χ2n) is 13.3. The summed E-state index contributed by atoms with van der Waals surface area (Å²) in [6.07, 6.45) is 2.57. The third-order valence-electron chi connectivity index (χ3n) is 11.0. The van der Waals surface area contributed by atoms with Crippen molar-refractivity contribution >= 4 is 74.1 Å². The topological polar surface area (TPSA) is 113 Å². The zero-order valence-electron chi connectivity index (χ0n) is 26.0. The van der Waals surface area contributed by atoms with Gasteiger partial charge in [-0.2, -0.15) is 5.10 Å². The van der Waals surface area contributed by atoms with Crippen LogP contribution in [0.4, 0.5) is 5.82 Å². The fourth-order valence-corrected chi connectivity index (χ4v) is 10.3. The van der Waals surface area contributed by atoms with E-state index in [1.165, 1.54) is 29.0 Å². The van der Waals surface area contributed by atoms with E-state index in [-0.39, 0.29) is 40.8 Å². The molecule has 0 radical (unpaired) electrons. The molecule has 4 heterocycles. The lowest BCUT2D eigenvalue weighted by molar-refractivity contribution is -0.138. The highest BCUT2D eigenvalue weighted by Crippen LogP contribution is 2.64. The highest BCUT2D eigenvalue weighted by atomic mass is 35.5. The number of phenolic OH excluding ortho intramolecular Hbond substituents is 1. The molecule has 0 bridgehead atoms. The third kappa shape index (κ3) is 4.04. The van der Waals surface area contributed by atoms with E-state index in [0.29, 0.717) is 28.5 Å². The normalized spacial score (nSPS) is 28.6. The average molecular weight is 690 g/mol. The van der Waals surface area contributed by atoms with Gasteiger partial charge < -0.3 is 5.11 Å². The molecule has 4 aliphatic rings. The molecule has 240 valence electrons. The molecule has 2 aliphatic carbocycles. The number of benzene rings is 2. The van der Waals surface area contributed by atoms with Crippen molar-refractivity contribution in [1.82, 2.24) is 14.7 Å². The van der Waals surface area contributed by atoms with Gasteiger partial charge in [0.05, 0.1) is 28.0 Å². The van der Waals surface area contributed by atoms with Crippen LogP contribution >= 0.6 is 34.5 Å². The number of carbonyl (C=O) groups excluding carboxylic acids is 4. The Kier molecular flexibility index (Phi) is 6.62. The van der Waals surface area contributed by atoms with Gasteiger partial charge in [0.25, 0.3) is 0 Å². The van der Waals surface area contributed by atoms with Crippen molar-refractivity contribution in [3.8, 4) is 16.3 Å². The molecule has 2 saturated heterocycles. The minimum Gasteiger partial charge on any atom is -0.508 e. The highest BCUT2D eigenvalue weighted by molar-refractivity contribution is 7.22. The summed E-state index contributed by atoms with van der Waals surface area (Å²) in [7, 11) is 3.21. The SMILES string of the molecule is Cc1c(-c2cc(N3C(=O)C4CC5C(=CCC6C(=O)N(C)C(=O)C65)C(c5ccc(O)cc5Cl)C4(C)C3=O)n(C)n2)sc2ccc(Cl)cc12. The molecule has 4 amide bonds. The largest absolute Gasteiger partial charge is 0.508 e. The Morgan fingerprint density at radius 1 is 0.979 bits per heavy atom. The summed E-state index contributed by atoms with van der Waals surface area (Å²) in [4.78, 5) is 59.3. The quantitative estimate of drug-likeness (QED) is 0.195. The number of fused-ring (bicyclic) bond motifs is 5. The minimum absolute atomic E-state index is 0.0274. The van der Waals surface area contributed by atoms with Gasteiger partial charge >= 0.3 is 0 Å². The van der Waals surface area contributed by atoms with Gasteiger partial charge in [0.1, 0.15) is 17.3 Å². The first-order chi connectivity index (χ1) is 22.3. The molecule has 8 rings (SSSR count).